The van der Waals surface area contributed by atoms with Crippen molar-refractivity contribution in [2.24, 2.45) is 0 Å². The molecule has 4 heteroatoms. The summed E-state index contributed by atoms with van der Waals surface area (Å²) in [6.45, 7) is 2.55. The second-order valence-corrected chi connectivity index (χ2v) is 6.28. The Bertz CT molecular complexity index is 946. The fourth-order valence-electron chi connectivity index (χ4n) is 3.06. The molecular formula is C23H23NO3. The van der Waals surface area contributed by atoms with Crippen LogP contribution in [0.1, 0.15) is 30.6 Å². The number of benzene rings is 3. The number of fused-ring (bicyclic) bond motifs is 1. The first-order chi connectivity index (χ1) is 13.2. The Labute approximate surface area is 159 Å². The van der Waals surface area contributed by atoms with Crippen molar-refractivity contribution in [1.29, 1.82) is 5.26 Å². The van der Waals surface area contributed by atoms with Crippen LogP contribution in [-0.2, 0) is 11.3 Å². The highest BCUT2D eigenvalue weighted by molar-refractivity contribution is 5.82. The predicted molar refractivity (Wildman–Crippen MR) is 106 cm³/mol. The predicted octanol–water partition coefficient (Wildman–Crippen LogP) is 5.42. The molecule has 0 N–H and O–H groups in total. The van der Waals surface area contributed by atoms with Gasteiger partial charge in [-0.25, -0.2) is 0 Å². The summed E-state index contributed by atoms with van der Waals surface area (Å²) >= 11 is 0. The topological polar surface area (TPSA) is 51.5 Å². The van der Waals surface area contributed by atoms with E-state index in [4.69, 9.17) is 19.5 Å². The van der Waals surface area contributed by atoms with E-state index in [0.29, 0.717) is 12.4 Å². The molecular weight excluding hydrogens is 338 g/mol. The third kappa shape index (κ3) is 4.78. The highest BCUT2D eigenvalue weighted by Gasteiger charge is 2.13. The van der Waals surface area contributed by atoms with Crippen molar-refractivity contribution in [3.8, 4) is 17.6 Å². The molecule has 0 bridgehead atoms. The molecule has 0 aromatic heterocycles. The Morgan fingerprint density at radius 1 is 0.963 bits per heavy atom. The SMILES string of the molecule is CCC(OCC#N)c1cc(OC)cc(OCc2ccc3ccccc3c2)c1. The first kappa shape index (κ1) is 18.8. The molecule has 0 aliphatic rings. The van der Waals surface area contributed by atoms with E-state index in [0.717, 1.165) is 23.3 Å². The quantitative estimate of drug-likeness (QED) is 0.538. The second-order valence-electron chi connectivity index (χ2n) is 6.28. The van der Waals surface area contributed by atoms with Crippen LogP contribution in [0.5, 0.6) is 11.5 Å². The van der Waals surface area contributed by atoms with Gasteiger partial charge in [-0.1, -0.05) is 43.3 Å². The number of nitrogens with zero attached hydrogens (tertiary/aromatic N) is 1. The van der Waals surface area contributed by atoms with Crippen molar-refractivity contribution in [3.63, 3.8) is 0 Å². The van der Waals surface area contributed by atoms with Gasteiger partial charge >= 0.3 is 0 Å². The fraction of sp³-hybridized carbons (Fsp3) is 0.261. The van der Waals surface area contributed by atoms with Crippen LogP contribution in [0.4, 0.5) is 0 Å². The molecule has 138 valence electrons. The maximum Gasteiger partial charge on any atom is 0.134 e. The third-order valence-electron chi connectivity index (χ3n) is 4.45. The van der Waals surface area contributed by atoms with Gasteiger partial charge in [0.1, 0.15) is 24.7 Å². The Morgan fingerprint density at radius 3 is 2.48 bits per heavy atom. The van der Waals surface area contributed by atoms with Gasteiger partial charge in [-0.15, -0.1) is 0 Å². The van der Waals surface area contributed by atoms with Crippen LogP contribution < -0.4 is 9.47 Å². The minimum atomic E-state index is -0.164. The molecule has 3 aromatic rings. The molecule has 0 heterocycles. The number of rotatable bonds is 8. The van der Waals surface area contributed by atoms with Crippen LogP contribution >= 0.6 is 0 Å². The van der Waals surface area contributed by atoms with Crippen molar-refractivity contribution in [2.45, 2.75) is 26.1 Å². The van der Waals surface area contributed by atoms with Crippen molar-refractivity contribution < 1.29 is 14.2 Å². The number of hydrogen-bond donors (Lipinski definition) is 0. The third-order valence-corrected chi connectivity index (χ3v) is 4.45. The molecule has 0 aliphatic heterocycles. The Balaban J connectivity index is 1.78. The van der Waals surface area contributed by atoms with Gasteiger partial charge in [-0.3, -0.25) is 0 Å². The number of nitriles is 1. The molecule has 0 saturated heterocycles. The van der Waals surface area contributed by atoms with Gasteiger partial charge < -0.3 is 14.2 Å². The van der Waals surface area contributed by atoms with Crippen LogP contribution in [0, 0.1) is 11.3 Å². The van der Waals surface area contributed by atoms with Crippen molar-refractivity contribution in [1.82, 2.24) is 0 Å². The van der Waals surface area contributed by atoms with Gasteiger partial charge in [0.2, 0.25) is 0 Å². The van der Waals surface area contributed by atoms with E-state index in [2.05, 4.69) is 30.3 Å². The minimum Gasteiger partial charge on any atom is -0.497 e. The molecule has 0 amide bonds. The zero-order valence-corrected chi connectivity index (χ0v) is 15.6. The Hall–Kier alpha value is -3.03. The lowest BCUT2D eigenvalue weighted by Crippen LogP contribution is -2.05. The highest BCUT2D eigenvalue weighted by atomic mass is 16.5. The lowest BCUT2D eigenvalue weighted by molar-refractivity contribution is 0.0737. The average molecular weight is 361 g/mol. The van der Waals surface area contributed by atoms with E-state index in [1.165, 1.54) is 10.8 Å². The number of methoxy groups -OCH3 is 1. The summed E-state index contributed by atoms with van der Waals surface area (Å²) in [6.07, 6.45) is 0.599. The molecule has 0 saturated carbocycles. The lowest BCUT2D eigenvalue weighted by Gasteiger charge is -2.17. The lowest BCUT2D eigenvalue weighted by atomic mass is 10.1. The standard InChI is InChI=1S/C23H23NO3/c1-3-23(26-11-10-24)20-13-21(25-2)15-22(14-20)27-16-17-8-9-18-6-4-5-7-19(18)12-17/h4-9,12-15,23H,3,11,16H2,1-2H3. The Kier molecular flexibility index (Phi) is 6.30. The molecule has 0 radical (unpaired) electrons. The van der Waals surface area contributed by atoms with E-state index in [1.807, 2.05) is 43.3 Å². The summed E-state index contributed by atoms with van der Waals surface area (Å²) in [5.41, 5.74) is 2.05. The summed E-state index contributed by atoms with van der Waals surface area (Å²) in [5.74, 6) is 1.43. The van der Waals surface area contributed by atoms with Crippen LogP contribution in [0.15, 0.2) is 60.7 Å². The molecule has 1 unspecified atom stereocenters. The van der Waals surface area contributed by atoms with Gasteiger partial charge in [-0.2, -0.15) is 5.26 Å². The number of hydrogen-bond acceptors (Lipinski definition) is 4. The molecule has 27 heavy (non-hydrogen) atoms. The summed E-state index contributed by atoms with van der Waals surface area (Å²) in [4.78, 5) is 0. The summed E-state index contributed by atoms with van der Waals surface area (Å²) < 4.78 is 17.0. The van der Waals surface area contributed by atoms with E-state index in [9.17, 15) is 0 Å². The van der Waals surface area contributed by atoms with E-state index < -0.39 is 0 Å². The van der Waals surface area contributed by atoms with Crippen molar-refractivity contribution in [2.75, 3.05) is 13.7 Å². The first-order valence-electron chi connectivity index (χ1n) is 9.01. The number of ether oxygens (including phenoxy) is 3. The maximum atomic E-state index is 8.77. The van der Waals surface area contributed by atoms with Gasteiger partial charge in [0.25, 0.3) is 0 Å². The largest absolute Gasteiger partial charge is 0.497 e. The molecule has 1 atom stereocenters. The fourth-order valence-corrected chi connectivity index (χ4v) is 3.06. The second kappa shape index (κ2) is 9.07. The van der Waals surface area contributed by atoms with Crippen molar-refractivity contribution >= 4 is 10.8 Å². The summed E-state index contributed by atoms with van der Waals surface area (Å²) in [6, 6.07) is 22.4. The zero-order valence-electron chi connectivity index (χ0n) is 15.6. The van der Waals surface area contributed by atoms with E-state index >= 15 is 0 Å². The van der Waals surface area contributed by atoms with E-state index in [-0.39, 0.29) is 12.7 Å². The van der Waals surface area contributed by atoms with Crippen LogP contribution in [0.2, 0.25) is 0 Å². The maximum absolute atomic E-state index is 8.77. The smallest absolute Gasteiger partial charge is 0.134 e. The van der Waals surface area contributed by atoms with Gasteiger partial charge in [-0.05, 0) is 46.5 Å². The molecule has 0 spiro atoms. The Morgan fingerprint density at radius 2 is 1.74 bits per heavy atom. The van der Waals surface area contributed by atoms with Crippen LogP contribution in [0.25, 0.3) is 10.8 Å². The molecule has 0 aliphatic carbocycles. The molecule has 4 nitrogen and oxygen atoms in total. The van der Waals surface area contributed by atoms with Gasteiger partial charge in [0.15, 0.2) is 0 Å². The van der Waals surface area contributed by atoms with Crippen LogP contribution in [0.3, 0.4) is 0 Å². The monoisotopic (exact) mass is 361 g/mol. The van der Waals surface area contributed by atoms with Crippen molar-refractivity contribution in [3.05, 3.63) is 71.8 Å². The molecule has 0 fully saturated rings. The summed E-state index contributed by atoms with van der Waals surface area (Å²) in [5, 5.41) is 11.2. The van der Waals surface area contributed by atoms with Gasteiger partial charge in [0.05, 0.1) is 19.3 Å². The highest BCUT2D eigenvalue weighted by Crippen LogP contribution is 2.30. The average Bonchev–Trinajstić information content (AvgIpc) is 2.72. The summed E-state index contributed by atoms with van der Waals surface area (Å²) in [7, 11) is 1.63. The van der Waals surface area contributed by atoms with Crippen LogP contribution in [-0.4, -0.2) is 13.7 Å². The zero-order chi connectivity index (χ0) is 19.1. The molecule has 3 aromatic carbocycles. The first-order valence-corrected chi connectivity index (χ1v) is 9.01. The minimum absolute atomic E-state index is 0.0585. The van der Waals surface area contributed by atoms with Gasteiger partial charge in [0, 0.05) is 6.07 Å². The van der Waals surface area contributed by atoms with E-state index in [1.54, 1.807) is 7.11 Å². The molecule has 3 rings (SSSR count). The normalized spacial score (nSPS) is 11.7.